The summed E-state index contributed by atoms with van der Waals surface area (Å²) in [5.41, 5.74) is 9.71. The van der Waals surface area contributed by atoms with Crippen molar-refractivity contribution in [2.24, 2.45) is 0 Å². The highest BCUT2D eigenvalue weighted by molar-refractivity contribution is 6.06. The normalized spacial score (nSPS) is 21.7. The van der Waals surface area contributed by atoms with E-state index in [1.807, 2.05) is 61.7 Å². The number of likely N-dealkylation sites (tertiary alicyclic amines) is 2. The molecule has 4 N–H and O–H groups in total. The molecule has 7 heterocycles. The third kappa shape index (κ3) is 7.96. The molecule has 0 bridgehead atoms. The molecule has 4 aliphatic rings. The fourth-order valence-corrected chi connectivity index (χ4v) is 9.13. The maximum absolute atomic E-state index is 16.3. The molecule has 5 aromatic rings. The van der Waals surface area contributed by atoms with Crippen molar-refractivity contribution < 1.29 is 28.6 Å². The summed E-state index contributed by atoms with van der Waals surface area (Å²) in [6.07, 6.45) is 5.85. The van der Waals surface area contributed by atoms with E-state index >= 15 is 4.39 Å². The van der Waals surface area contributed by atoms with Crippen molar-refractivity contribution in [1.29, 1.82) is 0 Å². The van der Waals surface area contributed by atoms with E-state index in [0.29, 0.717) is 67.5 Å². The van der Waals surface area contributed by atoms with Crippen LogP contribution in [0.3, 0.4) is 0 Å². The van der Waals surface area contributed by atoms with Crippen LogP contribution in [0.25, 0.3) is 22.3 Å². The van der Waals surface area contributed by atoms with Gasteiger partial charge in [-0.25, -0.2) is 14.2 Å². The van der Waals surface area contributed by atoms with E-state index < -0.39 is 11.7 Å². The largest absolute Gasteiger partial charge is 0.507 e. The van der Waals surface area contributed by atoms with Gasteiger partial charge in [0.15, 0.2) is 5.82 Å². The lowest BCUT2D eigenvalue weighted by molar-refractivity contribution is -0.120. The third-order valence-electron chi connectivity index (χ3n) is 12.4. The predicted octanol–water partition coefficient (Wildman–Crippen LogP) is 5.48. The summed E-state index contributed by atoms with van der Waals surface area (Å²) in [4.78, 5) is 49.9. The number of alkyl halides is 1. The number of aromatic hydroxyl groups is 1. The van der Waals surface area contributed by atoms with Gasteiger partial charge in [0.2, 0.25) is 5.91 Å². The van der Waals surface area contributed by atoms with Gasteiger partial charge >= 0.3 is 6.03 Å². The van der Waals surface area contributed by atoms with E-state index in [4.69, 9.17) is 15.5 Å². The molecule has 0 unspecified atom stereocenters. The third-order valence-corrected chi connectivity index (χ3v) is 12.4. The number of imide groups is 1. The van der Waals surface area contributed by atoms with Gasteiger partial charge < -0.3 is 34.8 Å². The number of carbonyl (C=O) groups excluding carboxylic acids is 3. The molecule has 4 amide bonds. The lowest BCUT2D eigenvalue weighted by atomic mass is 9.91. The van der Waals surface area contributed by atoms with Gasteiger partial charge in [-0.15, -0.1) is 10.2 Å². The number of nitrogens with one attached hydrogen (secondary N) is 1. The van der Waals surface area contributed by atoms with E-state index in [9.17, 15) is 19.5 Å². The number of ether oxygens (including phenoxy) is 1. The van der Waals surface area contributed by atoms with Crippen LogP contribution in [0.1, 0.15) is 67.1 Å². The molecule has 2 aromatic carbocycles. The van der Waals surface area contributed by atoms with Gasteiger partial charge in [0.25, 0.3) is 5.91 Å². The number of amides is 4. The number of urea groups is 1. The Bertz CT molecular complexity index is 2410. The minimum absolute atomic E-state index is 0.106. The number of pyridine rings is 1. The zero-order chi connectivity index (χ0) is 41.5. The number of rotatable bonds is 8. The summed E-state index contributed by atoms with van der Waals surface area (Å²) in [7, 11) is 0. The average molecular weight is 817 g/mol. The second-order valence-electron chi connectivity index (χ2n) is 16.5. The van der Waals surface area contributed by atoms with Crippen LogP contribution in [0.15, 0.2) is 79.1 Å². The van der Waals surface area contributed by atoms with E-state index in [1.54, 1.807) is 29.3 Å². The Morgan fingerprint density at radius 2 is 1.75 bits per heavy atom. The van der Waals surface area contributed by atoms with Gasteiger partial charge in [-0.3, -0.25) is 19.8 Å². The number of benzene rings is 2. The Morgan fingerprint density at radius 1 is 0.983 bits per heavy atom. The smallest absolute Gasteiger partial charge is 0.328 e. The molecule has 0 radical (unpaired) electrons. The van der Waals surface area contributed by atoms with Crippen LogP contribution >= 0.6 is 0 Å². The van der Waals surface area contributed by atoms with Crippen LogP contribution in [0.2, 0.25) is 0 Å². The van der Waals surface area contributed by atoms with Gasteiger partial charge in [0.05, 0.1) is 29.4 Å². The predicted molar refractivity (Wildman–Crippen MR) is 224 cm³/mol. The first-order valence-electron chi connectivity index (χ1n) is 20.7. The minimum Gasteiger partial charge on any atom is -0.507 e. The van der Waals surface area contributed by atoms with E-state index in [-0.39, 0.29) is 60.9 Å². The lowest BCUT2D eigenvalue weighted by Crippen LogP contribution is -2.51. The highest BCUT2D eigenvalue weighted by atomic mass is 19.1. The quantitative estimate of drug-likeness (QED) is 0.181. The molecular weight excluding hydrogens is 768 g/mol. The second-order valence-corrected chi connectivity index (χ2v) is 16.5. The summed E-state index contributed by atoms with van der Waals surface area (Å²) in [5.74, 6) is 0.0182. The summed E-state index contributed by atoms with van der Waals surface area (Å²) in [6, 6.07) is 20.0. The number of nitrogens with two attached hydrogens (primary N) is 1. The van der Waals surface area contributed by atoms with E-state index in [2.05, 4.69) is 29.9 Å². The maximum atomic E-state index is 16.3. The topological polar surface area (TPSA) is 175 Å². The number of piperidine rings is 2. The van der Waals surface area contributed by atoms with Crippen LogP contribution in [-0.4, -0.2) is 117 Å². The molecule has 312 valence electrons. The molecule has 4 fully saturated rings. The van der Waals surface area contributed by atoms with Gasteiger partial charge in [-0.1, -0.05) is 24.3 Å². The molecule has 9 rings (SSSR count). The number of aromatic nitrogens is 4. The van der Waals surface area contributed by atoms with E-state index in [1.165, 1.54) is 4.90 Å². The fourth-order valence-electron chi connectivity index (χ4n) is 9.13. The standard InChI is InChI=1S/C44H49FN10O5/c1-28-25-53(36-23-35(49-50-40(36)46)34-4-2-3-5-37(34)56)26-38(60-28)29-6-8-30(9-7-29)42(58)52-20-14-44(45,15-21-52)27-51-16-11-32(12-17-51)54-18-10-31-22-33(24-47-41(31)54)55-19-13-39(57)48-43(55)59/h2-10,18,22-24,28,32,38,56H,11-17,19-21,25-27H2,1H3,(H2,46,50)(H,48,57,59)/t28-,38-/m0/s1. The number of nitrogens with zero attached hydrogens (tertiary/aromatic N) is 8. The van der Waals surface area contributed by atoms with Crippen LogP contribution in [0.4, 0.5) is 26.4 Å². The van der Waals surface area contributed by atoms with Crippen molar-refractivity contribution in [2.75, 3.05) is 67.9 Å². The van der Waals surface area contributed by atoms with Gasteiger partial charge in [0.1, 0.15) is 23.2 Å². The zero-order valence-corrected chi connectivity index (χ0v) is 33.5. The summed E-state index contributed by atoms with van der Waals surface area (Å²) in [5, 5.41) is 22.1. The molecule has 3 aromatic heterocycles. The first-order valence-corrected chi connectivity index (χ1v) is 20.7. The van der Waals surface area contributed by atoms with Crippen molar-refractivity contribution in [1.82, 2.24) is 34.9 Å². The van der Waals surface area contributed by atoms with Crippen LogP contribution in [0, 0.1) is 0 Å². The molecular formula is C44H49FN10O5. The van der Waals surface area contributed by atoms with Crippen molar-refractivity contribution in [2.45, 2.75) is 62.9 Å². The lowest BCUT2D eigenvalue weighted by Gasteiger charge is -2.41. The molecule has 60 heavy (non-hydrogen) atoms. The van der Waals surface area contributed by atoms with Gasteiger partial charge in [0, 0.05) is 100 Å². The molecule has 4 saturated heterocycles. The SMILES string of the molecule is C[C@H]1CN(c2cc(-c3ccccc3O)nnc2N)C[C@@H](c2ccc(C(=O)N3CCC(F)(CN4CCC(n5ccc6cc(N7CCC(=O)NC7=O)cnc65)CC4)CC3)cc2)O1. The number of para-hydroxylation sites is 1. The van der Waals surface area contributed by atoms with Crippen molar-refractivity contribution >= 4 is 46.1 Å². The first kappa shape index (κ1) is 39.3. The van der Waals surface area contributed by atoms with Crippen molar-refractivity contribution in [3.8, 4) is 17.0 Å². The fraction of sp³-hybridized carbons (Fsp3) is 0.409. The second kappa shape index (κ2) is 16.1. The van der Waals surface area contributed by atoms with E-state index in [0.717, 1.165) is 42.5 Å². The highest BCUT2D eigenvalue weighted by Gasteiger charge is 2.39. The highest BCUT2D eigenvalue weighted by Crippen LogP contribution is 2.36. The number of fused-ring (bicyclic) bond motifs is 1. The number of carbonyl (C=O) groups is 3. The summed E-state index contributed by atoms with van der Waals surface area (Å²) >= 11 is 0. The minimum atomic E-state index is -1.37. The number of anilines is 3. The van der Waals surface area contributed by atoms with Crippen LogP contribution in [-0.2, 0) is 9.53 Å². The number of phenolic OH excluding ortho intramolecular Hbond substituents is 1. The Morgan fingerprint density at radius 3 is 2.50 bits per heavy atom. The zero-order valence-electron chi connectivity index (χ0n) is 33.5. The Hall–Kier alpha value is -6.13. The van der Waals surface area contributed by atoms with Crippen molar-refractivity contribution in [3.63, 3.8) is 0 Å². The monoisotopic (exact) mass is 816 g/mol. The Kier molecular flexibility index (Phi) is 10.6. The molecule has 16 heteroatoms. The number of phenols is 1. The van der Waals surface area contributed by atoms with Crippen LogP contribution in [0.5, 0.6) is 5.75 Å². The van der Waals surface area contributed by atoms with Gasteiger partial charge in [-0.2, -0.15) is 0 Å². The Balaban J connectivity index is 0.770. The maximum Gasteiger partial charge on any atom is 0.328 e. The number of morpholine rings is 1. The number of hydrogen-bond acceptors (Lipinski definition) is 11. The van der Waals surface area contributed by atoms with Crippen molar-refractivity contribution in [3.05, 3.63) is 90.3 Å². The molecule has 0 spiro atoms. The average Bonchev–Trinajstić information content (AvgIpc) is 3.68. The number of nitrogen functional groups attached to an aromatic ring is 1. The molecule has 0 saturated carbocycles. The number of hydrogen-bond donors (Lipinski definition) is 3. The van der Waals surface area contributed by atoms with Gasteiger partial charge in [-0.05, 0) is 67.8 Å². The molecule has 4 aliphatic heterocycles. The Labute approximate surface area is 346 Å². The molecule has 2 atom stereocenters. The first-order chi connectivity index (χ1) is 29.0. The summed E-state index contributed by atoms with van der Waals surface area (Å²) < 4.78 is 24.8. The van der Waals surface area contributed by atoms with Crippen LogP contribution < -0.4 is 20.9 Å². The number of halogens is 1. The molecule has 0 aliphatic carbocycles. The molecule has 15 nitrogen and oxygen atoms in total. The summed E-state index contributed by atoms with van der Waals surface area (Å²) in [6.45, 7) is 6.00.